The summed E-state index contributed by atoms with van der Waals surface area (Å²) in [6.07, 6.45) is 7.42. The van der Waals surface area contributed by atoms with E-state index in [1.807, 2.05) is 0 Å². The number of ether oxygens (including phenoxy) is 1. The topological polar surface area (TPSA) is 38.3 Å². The van der Waals surface area contributed by atoms with Crippen LogP contribution >= 0.6 is 11.6 Å². The van der Waals surface area contributed by atoms with Gasteiger partial charge < -0.3 is 10.1 Å². The molecule has 0 atom stereocenters. The molecule has 1 amide bonds. The van der Waals surface area contributed by atoms with Crippen LogP contribution in [-0.2, 0) is 9.53 Å². The number of hydrogen-bond donors (Lipinski definition) is 1. The van der Waals surface area contributed by atoms with Gasteiger partial charge in [0.25, 0.3) is 0 Å². The van der Waals surface area contributed by atoms with E-state index in [0.717, 1.165) is 25.7 Å². The van der Waals surface area contributed by atoms with E-state index in [0.29, 0.717) is 19.1 Å². The second-order valence-corrected chi connectivity index (χ2v) is 5.62. The lowest BCUT2D eigenvalue weighted by Gasteiger charge is -2.37. The van der Waals surface area contributed by atoms with Gasteiger partial charge in [-0.25, -0.2) is 0 Å². The van der Waals surface area contributed by atoms with Crippen LogP contribution in [0.2, 0.25) is 0 Å². The first kappa shape index (κ1) is 13.2. The summed E-state index contributed by atoms with van der Waals surface area (Å²) in [4.78, 5) is 12.2. The highest BCUT2D eigenvalue weighted by Crippen LogP contribution is 2.27. The minimum absolute atomic E-state index is 0.214. The number of alkyl halides is 1. The van der Waals surface area contributed by atoms with Crippen molar-refractivity contribution in [1.82, 2.24) is 5.32 Å². The van der Waals surface area contributed by atoms with E-state index in [4.69, 9.17) is 16.3 Å². The third kappa shape index (κ3) is 3.35. The maximum Gasteiger partial charge on any atom is 0.223 e. The summed E-state index contributed by atoms with van der Waals surface area (Å²) in [6, 6.07) is 0. The van der Waals surface area contributed by atoms with Gasteiger partial charge in [-0.05, 0) is 25.7 Å². The van der Waals surface area contributed by atoms with E-state index < -0.39 is 0 Å². The largest absolute Gasteiger partial charge is 0.381 e. The number of nitrogens with one attached hydrogen (secondary N) is 1. The van der Waals surface area contributed by atoms with Gasteiger partial charge in [0.1, 0.15) is 0 Å². The van der Waals surface area contributed by atoms with Crippen molar-refractivity contribution in [3.8, 4) is 0 Å². The molecule has 0 unspecified atom stereocenters. The van der Waals surface area contributed by atoms with E-state index >= 15 is 0 Å². The van der Waals surface area contributed by atoms with Gasteiger partial charge in [-0.3, -0.25) is 4.79 Å². The molecular weight excluding hydrogens is 238 g/mol. The van der Waals surface area contributed by atoms with Gasteiger partial charge in [-0.15, -0.1) is 11.6 Å². The third-order valence-electron chi connectivity index (χ3n) is 4.07. The Morgan fingerprint density at radius 3 is 2.47 bits per heavy atom. The minimum atomic E-state index is -0.214. The highest BCUT2D eigenvalue weighted by atomic mass is 35.5. The fourth-order valence-corrected chi connectivity index (χ4v) is 3.12. The monoisotopic (exact) mass is 259 g/mol. The van der Waals surface area contributed by atoms with E-state index in [1.54, 1.807) is 0 Å². The van der Waals surface area contributed by atoms with Crippen molar-refractivity contribution < 1.29 is 9.53 Å². The highest BCUT2D eigenvalue weighted by molar-refractivity contribution is 6.18. The van der Waals surface area contributed by atoms with Gasteiger partial charge in [-0.2, -0.15) is 0 Å². The number of carbonyl (C=O) groups excluding carboxylic acids is 1. The molecule has 1 N–H and O–H groups in total. The molecule has 0 radical (unpaired) electrons. The molecule has 2 rings (SSSR count). The first-order valence-corrected chi connectivity index (χ1v) is 7.25. The van der Waals surface area contributed by atoms with Crippen molar-refractivity contribution in [2.45, 2.75) is 50.5 Å². The van der Waals surface area contributed by atoms with Crippen molar-refractivity contribution in [2.24, 2.45) is 5.92 Å². The van der Waals surface area contributed by atoms with Crippen LogP contribution in [0, 0.1) is 5.92 Å². The zero-order chi connectivity index (χ0) is 12.1. The Hall–Kier alpha value is -0.280. The van der Waals surface area contributed by atoms with Crippen molar-refractivity contribution in [1.29, 1.82) is 0 Å². The number of halogens is 1. The predicted molar refractivity (Wildman–Crippen MR) is 68.2 cm³/mol. The van der Waals surface area contributed by atoms with Crippen LogP contribution in [0.3, 0.4) is 0 Å². The Labute approximate surface area is 108 Å². The zero-order valence-electron chi connectivity index (χ0n) is 10.3. The summed E-state index contributed by atoms with van der Waals surface area (Å²) in [5.74, 6) is 0.924. The summed E-state index contributed by atoms with van der Waals surface area (Å²) >= 11 is 6.05. The molecule has 98 valence electrons. The van der Waals surface area contributed by atoms with Gasteiger partial charge in [0.15, 0.2) is 0 Å². The van der Waals surface area contributed by atoms with Gasteiger partial charge in [0.05, 0.1) is 5.54 Å². The summed E-state index contributed by atoms with van der Waals surface area (Å²) < 4.78 is 5.34. The fourth-order valence-electron chi connectivity index (χ4n) is 2.78. The summed E-state index contributed by atoms with van der Waals surface area (Å²) in [7, 11) is 0. The normalized spacial score (nSPS) is 25.5. The fraction of sp³-hybridized carbons (Fsp3) is 0.923. The summed E-state index contributed by atoms with van der Waals surface area (Å²) in [5, 5.41) is 3.20. The summed E-state index contributed by atoms with van der Waals surface area (Å²) in [6.45, 7) is 1.41. The molecule has 17 heavy (non-hydrogen) atoms. The van der Waals surface area contributed by atoms with Crippen LogP contribution < -0.4 is 5.32 Å². The molecule has 0 aromatic rings. The predicted octanol–water partition coefficient (Wildman–Crippen LogP) is 2.47. The standard InChI is InChI=1S/C13H22ClNO2/c14-10-13(6-8-17-9-7-13)15-12(16)11-4-2-1-3-5-11/h11H,1-10H2,(H,15,16). The molecule has 0 aromatic heterocycles. The third-order valence-corrected chi connectivity index (χ3v) is 4.58. The molecule has 2 fully saturated rings. The van der Waals surface area contributed by atoms with Gasteiger partial charge in [0, 0.05) is 25.0 Å². The molecule has 1 saturated heterocycles. The molecule has 3 nitrogen and oxygen atoms in total. The lowest BCUT2D eigenvalue weighted by Crippen LogP contribution is -2.55. The Morgan fingerprint density at radius 1 is 1.24 bits per heavy atom. The maximum atomic E-state index is 12.2. The number of amides is 1. The molecule has 1 aliphatic heterocycles. The number of rotatable bonds is 3. The van der Waals surface area contributed by atoms with Gasteiger partial charge in [0.2, 0.25) is 5.91 Å². The molecule has 0 aromatic carbocycles. The van der Waals surface area contributed by atoms with E-state index in [9.17, 15) is 4.79 Å². The molecule has 1 heterocycles. The van der Waals surface area contributed by atoms with Crippen LogP contribution in [0.5, 0.6) is 0 Å². The van der Waals surface area contributed by atoms with Crippen molar-refractivity contribution in [3.05, 3.63) is 0 Å². The van der Waals surface area contributed by atoms with Crippen LogP contribution in [0.25, 0.3) is 0 Å². The first-order chi connectivity index (χ1) is 8.26. The lowest BCUT2D eigenvalue weighted by atomic mass is 9.86. The minimum Gasteiger partial charge on any atom is -0.381 e. The Morgan fingerprint density at radius 2 is 1.88 bits per heavy atom. The lowest BCUT2D eigenvalue weighted by molar-refractivity contribution is -0.128. The van der Waals surface area contributed by atoms with E-state index in [1.165, 1.54) is 19.3 Å². The first-order valence-electron chi connectivity index (χ1n) is 6.71. The van der Waals surface area contributed by atoms with Crippen molar-refractivity contribution >= 4 is 17.5 Å². The highest BCUT2D eigenvalue weighted by Gasteiger charge is 2.35. The Balaban J connectivity index is 1.90. The molecule has 4 heteroatoms. The average Bonchev–Trinajstić information content (AvgIpc) is 2.41. The van der Waals surface area contributed by atoms with Crippen molar-refractivity contribution in [2.75, 3.05) is 19.1 Å². The maximum absolute atomic E-state index is 12.2. The average molecular weight is 260 g/mol. The van der Waals surface area contributed by atoms with Crippen LogP contribution in [0.15, 0.2) is 0 Å². The van der Waals surface area contributed by atoms with Crippen molar-refractivity contribution in [3.63, 3.8) is 0 Å². The molecule has 2 aliphatic rings. The van der Waals surface area contributed by atoms with Crippen LogP contribution in [-0.4, -0.2) is 30.5 Å². The SMILES string of the molecule is O=C(NC1(CCl)CCOCC1)C1CCCCC1. The molecule has 1 aliphatic carbocycles. The number of carbonyl (C=O) groups is 1. The second-order valence-electron chi connectivity index (χ2n) is 5.35. The zero-order valence-corrected chi connectivity index (χ0v) is 11.1. The Bertz CT molecular complexity index is 258. The quantitative estimate of drug-likeness (QED) is 0.791. The molecule has 1 saturated carbocycles. The van der Waals surface area contributed by atoms with E-state index in [2.05, 4.69) is 5.32 Å². The molecule has 0 spiro atoms. The van der Waals surface area contributed by atoms with Gasteiger partial charge >= 0.3 is 0 Å². The van der Waals surface area contributed by atoms with E-state index in [-0.39, 0.29) is 17.4 Å². The van der Waals surface area contributed by atoms with Crippen LogP contribution in [0.4, 0.5) is 0 Å². The molecular formula is C13H22ClNO2. The smallest absolute Gasteiger partial charge is 0.223 e. The second kappa shape index (κ2) is 6.05. The molecule has 0 bridgehead atoms. The summed E-state index contributed by atoms with van der Waals surface area (Å²) in [5.41, 5.74) is -0.214. The number of hydrogen-bond acceptors (Lipinski definition) is 2. The van der Waals surface area contributed by atoms with Gasteiger partial charge in [-0.1, -0.05) is 19.3 Å². The Kier molecular flexibility index (Phi) is 4.69. The van der Waals surface area contributed by atoms with Crippen LogP contribution in [0.1, 0.15) is 44.9 Å².